The molecular formula is C24H19NO2. The molecule has 0 bridgehead atoms. The second-order valence-corrected chi connectivity index (χ2v) is 6.35. The van der Waals surface area contributed by atoms with Gasteiger partial charge in [-0.2, -0.15) is 0 Å². The Morgan fingerprint density at radius 2 is 1.48 bits per heavy atom. The van der Waals surface area contributed by atoms with Crippen molar-refractivity contribution < 1.29 is 4.42 Å². The molecular weight excluding hydrogens is 334 g/mol. The first-order chi connectivity index (χ1) is 13.3. The molecule has 0 atom stereocenters. The van der Waals surface area contributed by atoms with Gasteiger partial charge in [-0.05, 0) is 34.9 Å². The van der Waals surface area contributed by atoms with Crippen molar-refractivity contribution in [1.29, 1.82) is 0 Å². The molecule has 0 saturated heterocycles. The van der Waals surface area contributed by atoms with E-state index >= 15 is 0 Å². The van der Waals surface area contributed by atoms with Crippen LogP contribution in [0.5, 0.6) is 0 Å². The van der Waals surface area contributed by atoms with Crippen LogP contribution in [0.2, 0.25) is 0 Å². The molecule has 27 heavy (non-hydrogen) atoms. The third-order valence-corrected chi connectivity index (χ3v) is 4.37. The van der Waals surface area contributed by atoms with E-state index in [2.05, 4.69) is 53.9 Å². The van der Waals surface area contributed by atoms with Crippen molar-refractivity contribution >= 4 is 28.8 Å². The SMILES string of the molecule is O=c1ccc2ccc(NCc3ccc(/C=C/c4ccccc4)cc3)cc2o1. The van der Waals surface area contributed by atoms with Gasteiger partial charge in [0.2, 0.25) is 0 Å². The van der Waals surface area contributed by atoms with E-state index in [4.69, 9.17) is 4.42 Å². The second-order valence-electron chi connectivity index (χ2n) is 6.35. The number of hydrogen-bond donors (Lipinski definition) is 1. The summed E-state index contributed by atoms with van der Waals surface area (Å²) in [6, 6.07) is 27.7. The molecule has 1 N–H and O–H groups in total. The Kier molecular flexibility index (Phi) is 4.84. The summed E-state index contributed by atoms with van der Waals surface area (Å²) in [6.45, 7) is 0.700. The molecule has 4 aromatic rings. The Bertz CT molecular complexity index is 1130. The van der Waals surface area contributed by atoms with E-state index in [0.29, 0.717) is 12.1 Å². The molecule has 1 heterocycles. The van der Waals surface area contributed by atoms with Crippen LogP contribution in [-0.2, 0) is 6.54 Å². The fourth-order valence-electron chi connectivity index (χ4n) is 2.88. The Morgan fingerprint density at radius 3 is 2.26 bits per heavy atom. The van der Waals surface area contributed by atoms with Crippen molar-refractivity contribution in [2.45, 2.75) is 6.54 Å². The summed E-state index contributed by atoms with van der Waals surface area (Å²) in [4.78, 5) is 11.4. The van der Waals surface area contributed by atoms with Crippen LogP contribution in [0.25, 0.3) is 23.1 Å². The van der Waals surface area contributed by atoms with Crippen LogP contribution in [0.15, 0.2) is 94.1 Å². The lowest BCUT2D eigenvalue weighted by atomic mass is 10.1. The van der Waals surface area contributed by atoms with Crippen molar-refractivity contribution in [2.75, 3.05) is 5.32 Å². The maximum absolute atomic E-state index is 11.4. The highest BCUT2D eigenvalue weighted by Gasteiger charge is 2.00. The predicted octanol–water partition coefficient (Wildman–Crippen LogP) is 5.58. The van der Waals surface area contributed by atoms with Gasteiger partial charge in [-0.1, -0.05) is 66.7 Å². The molecule has 132 valence electrons. The number of hydrogen-bond acceptors (Lipinski definition) is 3. The Morgan fingerprint density at radius 1 is 0.778 bits per heavy atom. The molecule has 0 saturated carbocycles. The molecule has 0 aliphatic heterocycles. The number of nitrogens with one attached hydrogen (secondary N) is 1. The lowest BCUT2D eigenvalue weighted by Crippen LogP contribution is -2.00. The van der Waals surface area contributed by atoms with Gasteiger partial charge in [-0.3, -0.25) is 0 Å². The second kappa shape index (κ2) is 7.75. The molecule has 0 radical (unpaired) electrons. The summed E-state index contributed by atoms with van der Waals surface area (Å²) in [5.41, 5.74) is 4.71. The first-order valence-electron chi connectivity index (χ1n) is 8.86. The summed E-state index contributed by atoms with van der Waals surface area (Å²) in [7, 11) is 0. The van der Waals surface area contributed by atoms with Gasteiger partial charge in [0, 0.05) is 29.8 Å². The Balaban J connectivity index is 1.41. The largest absolute Gasteiger partial charge is 0.423 e. The van der Waals surface area contributed by atoms with Gasteiger partial charge in [0.25, 0.3) is 0 Å². The maximum atomic E-state index is 11.4. The molecule has 0 unspecified atom stereocenters. The molecule has 1 aromatic heterocycles. The zero-order valence-corrected chi connectivity index (χ0v) is 14.8. The first kappa shape index (κ1) is 16.9. The van der Waals surface area contributed by atoms with Crippen LogP contribution in [0.1, 0.15) is 16.7 Å². The lowest BCUT2D eigenvalue weighted by molar-refractivity contribution is 0.561. The van der Waals surface area contributed by atoms with Crippen molar-refractivity contribution in [3.05, 3.63) is 112 Å². The molecule has 0 spiro atoms. The number of rotatable bonds is 5. The normalized spacial score (nSPS) is 11.1. The molecule has 0 amide bonds. The third-order valence-electron chi connectivity index (χ3n) is 4.37. The first-order valence-corrected chi connectivity index (χ1v) is 8.86. The average molecular weight is 353 g/mol. The minimum absolute atomic E-state index is 0.334. The summed E-state index contributed by atoms with van der Waals surface area (Å²) in [6.07, 6.45) is 4.22. The highest BCUT2D eigenvalue weighted by molar-refractivity contribution is 5.80. The average Bonchev–Trinajstić information content (AvgIpc) is 2.72. The summed E-state index contributed by atoms with van der Waals surface area (Å²) >= 11 is 0. The van der Waals surface area contributed by atoms with Gasteiger partial charge in [0.1, 0.15) is 5.58 Å². The quantitative estimate of drug-likeness (QED) is 0.376. The van der Waals surface area contributed by atoms with Gasteiger partial charge >= 0.3 is 5.63 Å². The zero-order chi connectivity index (χ0) is 18.5. The number of anilines is 1. The van der Waals surface area contributed by atoms with Crippen molar-refractivity contribution in [3.8, 4) is 0 Å². The van der Waals surface area contributed by atoms with Crippen molar-refractivity contribution in [2.24, 2.45) is 0 Å². The number of benzene rings is 3. The summed E-state index contributed by atoms with van der Waals surface area (Å²) < 4.78 is 5.23. The fourth-order valence-corrected chi connectivity index (χ4v) is 2.88. The molecule has 0 aliphatic carbocycles. The zero-order valence-electron chi connectivity index (χ0n) is 14.8. The van der Waals surface area contributed by atoms with Gasteiger partial charge in [0.05, 0.1) is 0 Å². The standard InChI is InChI=1S/C24H19NO2/c26-24-15-13-21-12-14-22(16-23(21)27-24)25-17-20-10-8-19(9-11-20)7-6-18-4-2-1-3-5-18/h1-16,25H,17H2/b7-6+. The summed E-state index contributed by atoms with van der Waals surface area (Å²) in [5, 5.41) is 4.28. The van der Waals surface area contributed by atoms with Crippen LogP contribution in [0.4, 0.5) is 5.69 Å². The van der Waals surface area contributed by atoms with E-state index in [9.17, 15) is 4.79 Å². The minimum Gasteiger partial charge on any atom is -0.423 e. The smallest absolute Gasteiger partial charge is 0.336 e. The molecule has 0 aliphatic rings. The van der Waals surface area contributed by atoms with Gasteiger partial charge in [0.15, 0.2) is 0 Å². The molecule has 4 rings (SSSR count). The van der Waals surface area contributed by atoms with E-state index in [-0.39, 0.29) is 5.63 Å². The van der Waals surface area contributed by atoms with Crippen LogP contribution >= 0.6 is 0 Å². The van der Waals surface area contributed by atoms with E-state index in [0.717, 1.165) is 16.6 Å². The Hall–Kier alpha value is -3.59. The van der Waals surface area contributed by atoms with Crippen molar-refractivity contribution in [1.82, 2.24) is 0 Å². The van der Waals surface area contributed by atoms with E-state index < -0.39 is 0 Å². The summed E-state index contributed by atoms with van der Waals surface area (Å²) in [5.74, 6) is 0. The Labute approximate surface area is 157 Å². The molecule has 3 nitrogen and oxygen atoms in total. The molecule has 3 aromatic carbocycles. The highest BCUT2D eigenvalue weighted by Crippen LogP contribution is 2.18. The van der Waals surface area contributed by atoms with Crippen LogP contribution in [0.3, 0.4) is 0 Å². The number of fused-ring (bicyclic) bond motifs is 1. The lowest BCUT2D eigenvalue weighted by Gasteiger charge is -2.07. The van der Waals surface area contributed by atoms with Crippen molar-refractivity contribution in [3.63, 3.8) is 0 Å². The van der Waals surface area contributed by atoms with E-state index in [1.54, 1.807) is 6.07 Å². The fraction of sp³-hybridized carbons (Fsp3) is 0.0417. The van der Waals surface area contributed by atoms with E-state index in [1.807, 2.05) is 36.4 Å². The van der Waals surface area contributed by atoms with E-state index in [1.165, 1.54) is 17.2 Å². The van der Waals surface area contributed by atoms with Crippen LogP contribution in [-0.4, -0.2) is 0 Å². The highest BCUT2D eigenvalue weighted by atomic mass is 16.4. The maximum Gasteiger partial charge on any atom is 0.336 e. The molecule has 0 fully saturated rings. The van der Waals surface area contributed by atoms with Gasteiger partial charge in [-0.25, -0.2) is 4.79 Å². The monoisotopic (exact) mass is 353 g/mol. The predicted molar refractivity (Wildman–Crippen MR) is 112 cm³/mol. The minimum atomic E-state index is -0.334. The van der Waals surface area contributed by atoms with Crippen LogP contribution in [0, 0.1) is 0 Å². The third kappa shape index (κ3) is 4.33. The topological polar surface area (TPSA) is 42.2 Å². The van der Waals surface area contributed by atoms with Crippen LogP contribution < -0.4 is 10.9 Å². The van der Waals surface area contributed by atoms with Gasteiger partial charge < -0.3 is 9.73 Å². The molecule has 3 heteroatoms. The van der Waals surface area contributed by atoms with Gasteiger partial charge in [-0.15, -0.1) is 0 Å².